The second-order valence-corrected chi connectivity index (χ2v) is 7.96. The Kier molecular flexibility index (Phi) is 4.79. The first-order chi connectivity index (χ1) is 16.8. The van der Waals surface area contributed by atoms with Crippen molar-refractivity contribution < 1.29 is 4.42 Å². The lowest BCUT2D eigenvalue weighted by atomic mass is 10.0. The molecule has 0 spiro atoms. The second-order valence-electron chi connectivity index (χ2n) is 7.96. The van der Waals surface area contributed by atoms with Crippen LogP contribution in [0.1, 0.15) is 5.56 Å². The normalized spacial score (nSPS) is 10.9. The molecule has 0 radical (unpaired) electrons. The number of hydrogen-bond acceptors (Lipinski definition) is 4. The largest absolute Gasteiger partial charge is 0.453 e. The van der Waals surface area contributed by atoms with Gasteiger partial charge in [-0.15, -0.1) is 0 Å². The van der Waals surface area contributed by atoms with Crippen LogP contribution in [0.2, 0.25) is 0 Å². The molecule has 2 heterocycles. The number of hydrogen-bond donors (Lipinski definition) is 0. The number of nitrogens with zero attached hydrogens (tertiary/aromatic N) is 3. The van der Waals surface area contributed by atoms with Gasteiger partial charge in [0.1, 0.15) is 17.3 Å². The summed E-state index contributed by atoms with van der Waals surface area (Å²) in [6, 6.07) is 38.3. The molecule has 2 aromatic heterocycles. The molecule has 0 bridgehead atoms. The van der Waals surface area contributed by atoms with Crippen molar-refractivity contribution in [2.45, 2.75) is 0 Å². The van der Waals surface area contributed by atoms with Crippen molar-refractivity contribution >= 4 is 39.0 Å². The lowest BCUT2D eigenvalue weighted by Gasteiger charge is -2.26. The molecule has 6 aromatic rings. The molecule has 0 amide bonds. The van der Waals surface area contributed by atoms with Crippen LogP contribution < -0.4 is 4.90 Å². The van der Waals surface area contributed by atoms with Crippen LogP contribution in [0.5, 0.6) is 0 Å². The number of rotatable bonds is 4. The molecule has 0 unspecified atom stereocenters. The van der Waals surface area contributed by atoms with Crippen molar-refractivity contribution in [1.82, 2.24) is 4.98 Å². The smallest absolute Gasteiger partial charge is 0.160 e. The molecular formula is C30H19N3O. The van der Waals surface area contributed by atoms with Crippen LogP contribution in [-0.2, 0) is 0 Å². The first-order valence-electron chi connectivity index (χ1n) is 11.0. The van der Waals surface area contributed by atoms with Gasteiger partial charge < -0.3 is 9.32 Å². The molecule has 4 heteroatoms. The summed E-state index contributed by atoms with van der Waals surface area (Å²) in [4.78, 5) is 6.62. The van der Waals surface area contributed by atoms with E-state index in [0.29, 0.717) is 11.1 Å². The van der Waals surface area contributed by atoms with Crippen LogP contribution in [0.3, 0.4) is 0 Å². The van der Waals surface area contributed by atoms with E-state index in [9.17, 15) is 5.26 Å². The van der Waals surface area contributed by atoms with Crippen molar-refractivity contribution in [3.8, 4) is 17.3 Å². The van der Waals surface area contributed by atoms with E-state index in [0.717, 1.165) is 44.7 Å². The lowest BCUT2D eigenvalue weighted by molar-refractivity contribution is 0.670. The van der Waals surface area contributed by atoms with Crippen LogP contribution in [0.15, 0.2) is 120 Å². The third-order valence-electron chi connectivity index (χ3n) is 5.95. The van der Waals surface area contributed by atoms with Gasteiger partial charge in [0.25, 0.3) is 0 Å². The highest BCUT2D eigenvalue weighted by molar-refractivity contribution is 6.14. The number of benzene rings is 4. The van der Waals surface area contributed by atoms with Gasteiger partial charge in [-0.3, -0.25) is 4.98 Å². The van der Waals surface area contributed by atoms with Crippen molar-refractivity contribution in [3.05, 3.63) is 121 Å². The van der Waals surface area contributed by atoms with Crippen LogP contribution in [0.25, 0.3) is 33.2 Å². The fraction of sp³-hybridized carbons (Fsp3) is 0. The zero-order valence-corrected chi connectivity index (χ0v) is 18.2. The van der Waals surface area contributed by atoms with E-state index in [1.807, 2.05) is 103 Å². The molecule has 0 fully saturated rings. The van der Waals surface area contributed by atoms with Gasteiger partial charge in [-0.25, -0.2) is 0 Å². The zero-order valence-electron chi connectivity index (χ0n) is 18.2. The van der Waals surface area contributed by atoms with Crippen LogP contribution >= 0.6 is 0 Å². The number of anilines is 3. The van der Waals surface area contributed by atoms with Crippen molar-refractivity contribution in [2.75, 3.05) is 4.90 Å². The second kappa shape index (κ2) is 8.23. The highest BCUT2D eigenvalue weighted by atomic mass is 16.3. The topological polar surface area (TPSA) is 53.1 Å². The first-order valence-corrected chi connectivity index (χ1v) is 11.0. The summed E-state index contributed by atoms with van der Waals surface area (Å²) in [5.41, 5.74) is 6.35. The molecule has 0 N–H and O–H groups in total. The SMILES string of the molecule is N#Cc1ccc2c(oc3c(-c4ccccn4)cccc32)c1N(c1ccccc1)c1ccccc1. The molecular weight excluding hydrogens is 418 g/mol. The lowest BCUT2D eigenvalue weighted by Crippen LogP contribution is -2.11. The number of aromatic nitrogens is 1. The Labute approximate surface area is 196 Å². The molecule has 0 aliphatic rings. The Morgan fingerprint density at radius 3 is 1.97 bits per heavy atom. The average molecular weight is 438 g/mol. The van der Waals surface area contributed by atoms with Gasteiger partial charge in [-0.1, -0.05) is 54.6 Å². The van der Waals surface area contributed by atoms with E-state index in [4.69, 9.17) is 4.42 Å². The van der Waals surface area contributed by atoms with E-state index in [-0.39, 0.29) is 0 Å². The summed E-state index contributed by atoms with van der Waals surface area (Å²) in [7, 11) is 0. The minimum atomic E-state index is 0.540. The third kappa shape index (κ3) is 3.19. The van der Waals surface area contributed by atoms with E-state index in [1.54, 1.807) is 6.20 Å². The Bertz CT molecular complexity index is 1610. The molecule has 4 aromatic carbocycles. The van der Waals surface area contributed by atoms with E-state index >= 15 is 0 Å². The van der Waals surface area contributed by atoms with Gasteiger partial charge in [0, 0.05) is 33.9 Å². The molecule has 0 atom stereocenters. The highest BCUT2D eigenvalue weighted by Crippen LogP contribution is 2.45. The molecule has 6 rings (SSSR count). The molecule has 0 saturated heterocycles. The summed E-state index contributed by atoms with van der Waals surface area (Å²) < 4.78 is 6.60. The highest BCUT2D eigenvalue weighted by Gasteiger charge is 2.23. The van der Waals surface area contributed by atoms with Crippen LogP contribution in [-0.4, -0.2) is 4.98 Å². The molecule has 4 nitrogen and oxygen atoms in total. The molecule has 0 saturated carbocycles. The third-order valence-corrected chi connectivity index (χ3v) is 5.95. The summed E-state index contributed by atoms with van der Waals surface area (Å²) in [5, 5.41) is 12.0. The van der Waals surface area contributed by atoms with E-state index < -0.39 is 0 Å². The summed E-state index contributed by atoms with van der Waals surface area (Å²) in [6.45, 7) is 0. The standard InChI is InChI=1S/C30H19N3O/c31-20-21-17-18-25-24-14-9-15-26(27-16-7-8-19-32-27)29(24)34-30(25)28(21)33(22-10-3-1-4-11-22)23-12-5-2-6-13-23/h1-19H. The number of para-hydroxylation sites is 3. The molecule has 34 heavy (non-hydrogen) atoms. The van der Waals surface area contributed by atoms with Crippen LogP contribution in [0.4, 0.5) is 17.1 Å². The number of pyridine rings is 1. The van der Waals surface area contributed by atoms with Gasteiger partial charge in [0.2, 0.25) is 0 Å². The minimum Gasteiger partial charge on any atom is -0.453 e. The number of fused-ring (bicyclic) bond motifs is 3. The summed E-state index contributed by atoms with van der Waals surface area (Å²) >= 11 is 0. The van der Waals surface area contributed by atoms with Crippen molar-refractivity contribution in [1.29, 1.82) is 5.26 Å². The van der Waals surface area contributed by atoms with Crippen LogP contribution in [0, 0.1) is 11.3 Å². The Balaban J connectivity index is 1.71. The maximum Gasteiger partial charge on any atom is 0.160 e. The summed E-state index contributed by atoms with van der Waals surface area (Å²) in [5.74, 6) is 0. The molecule has 0 aliphatic carbocycles. The predicted molar refractivity (Wildman–Crippen MR) is 136 cm³/mol. The minimum absolute atomic E-state index is 0.540. The predicted octanol–water partition coefficient (Wildman–Crippen LogP) is 7.99. The Morgan fingerprint density at radius 2 is 1.32 bits per heavy atom. The average Bonchev–Trinajstić information content (AvgIpc) is 3.30. The van der Waals surface area contributed by atoms with Gasteiger partial charge in [0.15, 0.2) is 5.58 Å². The zero-order chi connectivity index (χ0) is 22.9. The fourth-order valence-electron chi connectivity index (χ4n) is 4.45. The molecule has 160 valence electrons. The first kappa shape index (κ1) is 19.8. The Hall–Kier alpha value is -4.88. The summed E-state index contributed by atoms with van der Waals surface area (Å²) in [6.07, 6.45) is 1.78. The number of furan rings is 1. The van der Waals surface area contributed by atoms with Crippen molar-refractivity contribution in [2.24, 2.45) is 0 Å². The fourth-order valence-corrected chi connectivity index (χ4v) is 4.45. The van der Waals surface area contributed by atoms with E-state index in [1.165, 1.54) is 0 Å². The quantitative estimate of drug-likeness (QED) is 0.280. The maximum absolute atomic E-state index is 10.1. The molecule has 0 aliphatic heterocycles. The number of nitriles is 1. The van der Waals surface area contributed by atoms with Gasteiger partial charge in [-0.2, -0.15) is 5.26 Å². The van der Waals surface area contributed by atoms with Gasteiger partial charge in [0.05, 0.1) is 11.3 Å². The van der Waals surface area contributed by atoms with Gasteiger partial charge >= 0.3 is 0 Å². The van der Waals surface area contributed by atoms with E-state index in [2.05, 4.69) is 22.0 Å². The monoisotopic (exact) mass is 437 g/mol. The Morgan fingerprint density at radius 1 is 0.647 bits per heavy atom. The maximum atomic E-state index is 10.1. The van der Waals surface area contributed by atoms with Gasteiger partial charge in [-0.05, 0) is 54.6 Å². The van der Waals surface area contributed by atoms with Crippen molar-refractivity contribution in [3.63, 3.8) is 0 Å².